The molecule has 0 radical (unpaired) electrons. The first-order valence-electron chi connectivity index (χ1n) is 9.58. The molecule has 0 unspecified atom stereocenters. The Hall–Kier alpha value is -3.08. The molecule has 0 bridgehead atoms. The first-order chi connectivity index (χ1) is 14.0. The first-order valence-corrected chi connectivity index (χ1v) is 9.58. The number of fused-ring (bicyclic) bond motifs is 1. The zero-order chi connectivity index (χ0) is 21.0. The highest BCUT2D eigenvalue weighted by atomic mass is 16.5. The Balaban J connectivity index is 2.22. The van der Waals surface area contributed by atoms with E-state index in [-0.39, 0.29) is 6.10 Å². The highest BCUT2D eigenvalue weighted by Crippen LogP contribution is 2.44. The predicted octanol–water partition coefficient (Wildman–Crippen LogP) is 5.05. The van der Waals surface area contributed by atoms with Gasteiger partial charge in [0, 0.05) is 5.56 Å². The molecule has 0 saturated carbocycles. The average Bonchev–Trinajstić information content (AvgIpc) is 2.95. The SMILES string of the molecule is COc1cc(C2=CC=CCc3c2ccc(OC)c3OC(C)C)cc(OC)c1OC. The van der Waals surface area contributed by atoms with Gasteiger partial charge in [-0.3, -0.25) is 0 Å². The largest absolute Gasteiger partial charge is 0.493 e. The van der Waals surface area contributed by atoms with Gasteiger partial charge in [0.15, 0.2) is 23.0 Å². The van der Waals surface area contributed by atoms with E-state index in [0.717, 1.165) is 40.2 Å². The Morgan fingerprint density at radius 1 is 0.793 bits per heavy atom. The fourth-order valence-corrected chi connectivity index (χ4v) is 3.52. The molecule has 1 aliphatic rings. The summed E-state index contributed by atoms with van der Waals surface area (Å²) in [5.41, 5.74) is 4.18. The lowest BCUT2D eigenvalue weighted by Crippen LogP contribution is -2.10. The molecule has 0 heterocycles. The molecule has 5 heteroatoms. The molecule has 154 valence electrons. The van der Waals surface area contributed by atoms with E-state index in [1.807, 2.05) is 32.0 Å². The highest BCUT2D eigenvalue weighted by Gasteiger charge is 2.22. The minimum Gasteiger partial charge on any atom is -0.493 e. The molecule has 0 fully saturated rings. The lowest BCUT2D eigenvalue weighted by molar-refractivity contribution is 0.228. The monoisotopic (exact) mass is 396 g/mol. The summed E-state index contributed by atoms with van der Waals surface area (Å²) in [6.45, 7) is 4.03. The van der Waals surface area contributed by atoms with Crippen molar-refractivity contribution in [2.75, 3.05) is 28.4 Å². The van der Waals surface area contributed by atoms with E-state index in [4.69, 9.17) is 23.7 Å². The van der Waals surface area contributed by atoms with Gasteiger partial charge in [-0.2, -0.15) is 0 Å². The zero-order valence-electron chi connectivity index (χ0n) is 17.9. The lowest BCUT2D eigenvalue weighted by Gasteiger charge is -2.21. The predicted molar refractivity (Wildman–Crippen MR) is 115 cm³/mol. The van der Waals surface area contributed by atoms with Crippen LogP contribution in [0.3, 0.4) is 0 Å². The number of benzene rings is 2. The average molecular weight is 396 g/mol. The van der Waals surface area contributed by atoms with Crippen molar-refractivity contribution in [3.05, 3.63) is 59.2 Å². The van der Waals surface area contributed by atoms with Gasteiger partial charge in [0.25, 0.3) is 0 Å². The smallest absolute Gasteiger partial charge is 0.203 e. The van der Waals surface area contributed by atoms with Gasteiger partial charge in [0.2, 0.25) is 5.75 Å². The Morgan fingerprint density at radius 2 is 1.45 bits per heavy atom. The summed E-state index contributed by atoms with van der Waals surface area (Å²) in [4.78, 5) is 0. The van der Waals surface area contributed by atoms with Gasteiger partial charge in [0.1, 0.15) is 0 Å². The van der Waals surface area contributed by atoms with Crippen molar-refractivity contribution in [2.24, 2.45) is 0 Å². The van der Waals surface area contributed by atoms with E-state index in [2.05, 4.69) is 24.3 Å². The topological polar surface area (TPSA) is 46.2 Å². The summed E-state index contributed by atoms with van der Waals surface area (Å²) >= 11 is 0. The highest BCUT2D eigenvalue weighted by molar-refractivity contribution is 5.86. The maximum absolute atomic E-state index is 6.15. The number of methoxy groups -OCH3 is 4. The van der Waals surface area contributed by atoms with Gasteiger partial charge in [-0.15, -0.1) is 0 Å². The molecule has 0 aliphatic heterocycles. The van der Waals surface area contributed by atoms with Gasteiger partial charge in [-0.05, 0) is 55.2 Å². The second-order valence-corrected chi connectivity index (χ2v) is 6.92. The first kappa shape index (κ1) is 20.6. The number of rotatable bonds is 7. The molecule has 5 nitrogen and oxygen atoms in total. The maximum Gasteiger partial charge on any atom is 0.203 e. The van der Waals surface area contributed by atoms with E-state index in [9.17, 15) is 0 Å². The van der Waals surface area contributed by atoms with Gasteiger partial charge < -0.3 is 23.7 Å². The number of hydrogen-bond donors (Lipinski definition) is 0. The van der Waals surface area contributed by atoms with E-state index in [1.54, 1.807) is 28.4 Å². The van der Waals surface area contributed by atoms with Crippen LogP contribution in [-0.4, -0.2) is 34.5 Å². The summed E-state index contributed by atoms with van der Waals surface area (Å²) in [7, 11) is 6.51. The van der Waals surface area contributed by atoms with Gasteiger partial charge in [-0.25, -0.2) is 0 Å². The van der Waals surface area contributed by atoms with Gasteiger partial charge >= 0.3 is 0 Å². The van der Waals surface area contributed by atoms with Crippen LogP contribution in [0.4, 0.5) is 0 Å². The van der Waals surface area contributed by atoms with E-state index < -0.39 is 0 Å². The third-order valence-electron chi connectivity index (χ3n) is 4.78. The van der Waals surface area contributed by atoms with E-state index in [0.29, 0.717) is 17.2 Å². The fraction of sp³-hybridized carbons (Fsp3) is 0.333. The summed E-state index contributed by atoms with van der Waals surface area (Å²) in [6, 6.07) is 7.95. The maximum atomic E-state index is 6.15. The van der Waals surface area contributed by atoms with Gasteiger partial charge in [-0.1, -0.05) is 24.3 Å². The molecule has 0 atom stereocenters. The Morgan fingerprint density at radius 3 is 2.00 bits per heavy atom. The van der Waals surface area contributed by atoms with Crippen LogP contribution < -0.4 is 23.7 Å². The second-order valence-electron chi connectivity index (χ2n) is 6.92. The standard InChI is InChI=1S/C24H28O5/c1-15(2)29-23-19-10-8-7-9-17(18(19)11-12-20(23)25-3)16-13-21(26-4)24(28-6)22(14-16)27-5/h7-9,11-15H,10H2,1-6H3. The minimum absolute atomic E-state index is 0.0382. The Labute approximate surface area is 172 Å². The molecule has 0 amide bonds. The van der Waals surface area contributed by atoms with Crippen molar-refractivity contribution in [2.45, 2.75) is 26.4 Å². The quantitative estimate of drug-likeness (QED) is 0.655. The molecule has 3 rings (SSSR count). The normalized spacial score (nSPS) is 12.7. The molecular formula is C24H28O5. The van der Waals surface area contributed by atoms with Gasteiger partial charge in [0.05, 0.1) is 34.5 Å². The summed E-state index contributed by atoms with van der Waals surface area (Å²) in [5.74, 6) is 3.32. The summed E-state index contributed by atoms with van der Waals surface area (Å²) < 4.78 is 28.3. The van der Waals surface area contributed by atoms with Crippen LogP contribution in [0, 0.1) is 0 Å². The van der Waals surface area contributed by atoms with Crippen LogP contribution in [0.25, 0.3) is 5.57 Å². The van der Waals surface area contributed by atoms with E-state index >= 15 is 0 Å². The molecule has 0 N–H and O–H groups in total. The number of allylic oxidation sites excluding steroid dienone is 3. The summed E-state index contributed by atoms with van der Waals surface area (Å²) in [6.07, 6.45) is 7.06. The van der Waals surface area contributed by atoms with Crippen molar-refractivity contribution < 1.29 is 23.7 Å². The number of hydrogen-bond acceptors (Lipinski definition) is 5. The van der Waals surface area contributed by atoms with Crippen LogP contribution in [-0.2, 0) is 6.42 Å². The van der Waals surface area contributed by atoms with E-state index in [1.165, 1.54) is 0 Å². The Kier molecular flexibility index (Phi) is 6.37. The van der Waals surface area contributed by atoms with Crippen LogP contribution in [0.2, 0.25) is 0 Å². The molecule has 1 aliphatic carbocycles. The molecular weight excluding hydrogens is 368 g/mol. The fourth-order valence-electron chi connectivity index (χ4n) is 3.52. The van der Waals surface area contributed by atoms with Crippen LogP contribution in [0.5, 0.6) is 28.7 Å². The molecule has 2 aromatic rings. The van der Waals surface area contributed by atoms with Crippen LogP contribution in [0.1, 0.15) is 30.5 Å². The molecule has 2 aromatic carbocycles. The molecule has 29 heavy (non-hydrogen) atoms. The molecule has 0 aromatic heterocycles. The van der Waals surface area contributed by atoms with Crippen molar-refractivity contribution in [1.82, 2.24) is 0 Å². The van der Waals surface area contributed by atoms with Crippen molar-refractivity contribution >= 4 is 5.57 Å². The van der Waals surface area contributed by atoms with Crippen molar-refractivity contribution in [3.63, 3.8) is 0 Å². The third kappa shape index (κ3) is 4.04. The zero-order valence-corrected chi connectivity index (χ0v) is 17.9. The van der Waals surface area contributed by atoms with Crippen LogP contribution >= 0.6 is 0 Å². The minimum atomic E-state index is 0.0382. The number of ether oxygens (including phenoxy) is 5. The second kappa shape index (κ2) is 8.95. The Bertz CT molecular complexity index is 916. The lowest BCUT2D eigenvalue weighted by atomic mass is 9.92. The van der Waals surface area contributed by atoms with Crippen molar-refractivity contribution in [1.29, 1.82) is 0 Å². The molecule has 0 spiro atoms. The van der Waals surface area contributed by atoms with Crippen molar-refractivity contribution in [3.8, 4) is 28.7 Å². The summed E-state index contributed by atoms with van der Waals surface area (Å²) in [5, 5.41) is 0. The van der Waals surface area contributed by atoms with Crippen LogP contribution in [0.15, 0.2) is 42.5 Å². The third-order valence-corrected chi connectivity index (χ3v) is 4.78. The molecule has 0 saturated heterocycles.